The molecule has 0 bridgehead atoms. The smallest absolute Gasteiger partial charge is 0.0473 e. The van der Waals surface area contributed by atoms with Crippen LogP contribution in [0.25, 0.3) is 0 Å². The summed E-state index contributed by atoms with van der Waals surface area (Å²) in [4.78, 5) is 0. The van der Waals surface area contributed by atoms with Gasteiger partial charge in [0.25, 0.3) is 0 Å². The van der Waals surface area contributed by atoms with Gasteiger partial charge in [0.2, 0.25) is 0 Å². The van der Waals surface area contributed by atoms with Crippen molar-refractivity contribution >= 4 is 0 Å². The third-order valence-corrected chi connectivity index (χ3v) is 0. The summed E-state index contributed by atoms with van der Waals surface area (Å²) in [5.74, 6) is 0.833. The molecule has 144 valence electrons. The van der Waals surface area contributed by atoms with Gasteiger partial charge in [-0.05, 0) is 12.8 Å². The number of rotatable bonds is 0. The molecule has 0 aromatic rings. The minimum Gasteiger partial charge on any atom is -0.106 e. The summed E-state index contributed by atoms with van der Waals surface area (Å²) in [6, 6.07) is 0. The molecule has 22 heavy (non-hydrogen) atoms. The van der Waals surface area contributed by atoms with Crippen molar-refractivity contribution < 1.29 is 0 Å². The van der Waals surface area contributed by atoms with E-state index in [1.807, 2.05) is 62.3 Å². The van der Waals surface area contributed by atoms with Gasteiger partial charge >= 0.3 is 0 Å². The summed E-state index contributed by atoms with van der Waals surface area (Å²) in [7, 11) is 0. The van der Waals surface area contributed by atoms with Gasteiger partial charge in [-0.2, -0.15) is 0 Å². The van der Waals surface area contributed by atoms with Gasteiger partial charge in [-0.1, -0.05) is 103 Å². The lowest BCUT2D eigenvalue weighted by Gasteiger charge is -1.79. The van der Waals surface area contributed by atoms with Crippen LogP contribution in [-0.2, 0) is 0 Å². The van der Waals surface area contributed by atoms with E-state index in [4.69, 9.17) is 0 Å². The van der Waals surface area contributed by atoms with Crippen LogP contribution in [0.1, 0.15) is 103 Å². The molecule has 0 amide bonds. The molecule has 0 aliphatic heterocycles. The van der Waals surface area contributed by atoms with E-state index in [1.165, 1.54) is 6.42 Å². The van der Waals surface area contributed by atoms with Gasteiger partial charge in [0.1, 0.15) is 0 Å². The molecule has 0 aromatic carbocycles. The van der Waals surface area contributed by atoms with Crippen molar-refractivity contribution in [2.24, 2.45) is 5.92 Å². The Labute approximate surface area is 148 Å². The van der Waals surface area contributed by atoms with Gasteiger partial charge in [-0.15, -0.1) is 32.9 Å². The molecular weight excluding hydrogens is 264 g/mol. The second kappa shape index (κ2) is 419. The molecule has 0 fully saturated rings. The SMILES string of the molecule is C=C.C=C.C=CC.CC.CC.CC.CC.CC(C)C.CCC. The molecule has 0 N–H and O–H groups in total. The molecule has 0 spiro atoms. The van der Waals surface area contributed by atoms with Crippen LogP contribution < -0.4 is 0 Å². The summed E-state index contributed by atoms with van der Waals surface area (Å²) in [5.41, 5.74) is 0. The van der Waals surface area contributed by atoms with E-state index in [2.05, 4.69) is 67.5 Å². The maximum absolute atomic E-state index is 3.36. The standard InChI is InChI=1S/C4H10.C3H8.C3H6.4C2H6.2C2H4/c1-4(2)3;2*1-3-2;6*1-2/h4H,1-3H3;3H2,1-2H3;3H,1H2,2H3;4*1-2H3;2*1-2H2. The zero-order chi connectivity index (χ0) is 21.0. The molecule has 0 heteroatoms. The van der Waals surface area contributed by atoms with E-state index in [-0.39, 0.29) is 0 Å². The predicted molar refractivity (Wildman–Crippen MR) is 120 cm³/mol. The van der Waals surface area contributed by atoms with Gasteiger partial charge in [-0.3, -0.25) is 0 Å². The Hall–Kier alpha value is -0.780. The highest BCUT2D eigenvalue weighted by atomic mass is 13.7. The largest absolute Gasteiger partial charge is 0.106 e. The fraction of sp³-hybridized carbons (Fsp3) is 0.727. The molecular formula is C22H56. The maximum atomic E-state index is 3.36. The summed E-state index contributed by atoms with van der Waals surface area (Å²) in [5, 5.41) is 0. The van der Waals surface area contributed by atoms with Crippen molar-refractivity contribution in [3.05, 3.63) is 39.0 Å². The van der Waals surface area contributed by atoms with Crippen LogP contribution in [-0.4, -0.2) is 0 Å². The maximum Gasteiger partial charge on any atom is -0.0473 e. The van der Waals surface area contributed by atoms with E-state index < -0.39 is 0 Å². The third-order valence-electron chi connectivity index (χ3n) is 0. The lowest BCUT2D eigenvalue weighted by atomic mass is 10.3. The zero-order valence-corrected chi connectivity index (χ0v) is 19.4. The van der Waals surface area contributed by atoms with Crippen LogP contribution in [0.3, 0.4) is 0 Å². The summed E-state index contributed by atoms with van der Waals surface area (Å²) in [6.07, 6.45) is 3.00. The van der Waals surface area contributed by atoms with E-state index in [0.717, 1.165) is 5.92 Å². The highest BCUT2D eigenvalue weighted by molar-refractivity contribution is 4.51. The molecule has 0 saturated carbocycles. The first-order valence-electron chi connectivity index (χ1n) is 9.13. The van der Waals surface area contributed by atoms with E-state index in [0.29, 0.717) is 0 Å². The summed E-state index contributed by atoms with van der Waals surface area (Å²) < 4.78 is 0. The Morgan fingerprint density at radius 1 is 0.636 bits per heavy atom. The molecule has 0 rings (SSSR count). The van der Waals surface area contributed by atoms with Crippen molar-refractivity contribution in [3.8, 4) is 0 Å². The monoisotopic (exact) mass is 320 g/mol. The first kappa shape index (κ1) is 58.1. The normalized spacial score (nSPS) is 4.50. The van der Waals surface area contributed by atoms with Gasteiger partial charge in [0.15, 0.2) is 0 Å². The zero-order valence-electron chi connectivity index (χ0n) is 19.4. The molecule has 0 radical (unpaired) electrons. The van der Waals surface area contributed by atoms with E-state index >= 15 is 0 Å². The number of hydrogen-bond donors (Lipinski definition) is 0. The minimum absolute atomic E-state index is 0.833. The van der Waals surface area contributed by atoms with Crippen molar-refractivity contribution in [2.75, 3.05) is 0 Å². The van der Waals surface area contributed by atoms with Crippen molar-refractivity contribution in [1.82, 2.24) is 0 Å². The van der Waals surface area contributed by atoms with Gasteiger partial charge in [0, 0.05) is 0 Å². The Kier molecular flexibility index (Phi) is 1110. The van der Waals surface area contributed by atoms with Gasteiger partial charge in [-0.25, -0.2) is 0 Å². The fourth-order valence-corrected chi connectivity index (χ4v) is 0. The number of allylic oxidation sites excluding steroid dienone is 1. The molecule has 0 unspecified atom stereocenters. The first-order chi connectivity index (χ1) is 10.6. The second-order valence-corrected chi connectivity index (χ2v) is 2.85. The predicted octanol–water partition coefficient (Wildman–Crippen LogP) is 9.98. The molecule has 0 aromatic heterocycles. The molecule has 0 saturated heterocycles. The minimum atomic E-state index is 0.833. The highest BCUT2D eigenvalue weighted by Gasteiger charge is 1.68. The Morgan fingerprint density at radius 3 is 0.636 bits per heavy atom. The second-order valence-electron chi connectivity index (χ2n) is 2.85. The van der Waals surface area contributed by atoms with Crippen molar-refractivity contribution in [2.45, 2.75) is 103 Å². The van der Waals surface area contributed by atoms with Crippen LogP contribution in [0.15, 0.2) is 39.0 Å². The highest BCUT2D eigenvalue weighted by Crippen LogP contribution is 1.81. The average Bonchev–Trinajstić information content (AvgIpc) is 2.59. The van der Waals surface area contributed by atoms with Crippen LogP contribution in [0, 0.1) is 5.92 Å². The van der Waals surface area contributed by atoms with Crippen LogP contribution in [0.4, 0.5) is 0 Å². The van der Waals surface area contributed by atoms with Crippen LogP contribution >= 0.6 is 0 Å². The topological polar surface area (TPSA) is 0 Å². The summed E-state index contributed by atoms with van der Waals surface area (Å²) >= 11 is 0. The van der Waals surface area contributed by atoms with E-state index in [9.17, 15) is 0 Å². The lowest BCUT2D eigenvalue weighted by Crippen LogP contribution is -1.66. The molecule has 0 aliphatic rings. The first-order valence-corrected chi connectivity index (χ1v) is 9.13. The van der Waals surface area contributed by atoms with Crippen molar-refractivity contribution in [1.29, 1.82) is 0 Å². The third kappa shape index (κ3) is 10500. The van der Waals surface area contributed by atoms with Crippen molar-refractivity contribution in [3.63, 3.8) is 0 Å². The van der Waals surface area contributed by atoms with Gasteiger partial charge in [0.05, 0.1) is 0 Å². The Bertz CT molecular complexity index is 48.3. The Balaban J connectivity index is -0.0000000126. The molecule has 0 nitrogen and oxygen atoms in total. The molecule has 0 aliphatic carbocycles. The van der Waals surface area contributed by atoms with Crippen LogP contribution in [0.2, 0.25) is 0 Å². The molecule has 0 atom stereocenters. The molecule has 0 heterocycles. The fourth-order valence-electron chi connectivity index (χ4n) is 0. The van der Waals surface area contributed by atoms with E-state index in [1.54, 1.807) is 6.08 Å². The quantitative estimate of drug-likeness (QED) is 0.389. The van der Waals surface area contributed by atoms with Crippen LogP contribution in [0.5, 0.6) is 0 Å². The summed E-state index contributed by atoms with van der Waals surface area (Å²) in [6.45, 7) is 44.0. The lowest BCUT2D eigenvalue weighted by molar-refractivity contribution is 0.737. The van der Waals surface area contributed by atoms with Gasteiger partial charge < -0.3 is 0 Å². The average molecular weight is 321 g/mol. The Morgan fingerprint density at radius 2 is 0.636 bits per heavy atom. The number of hydrogen-bond acceptors (Lipinski definition) is 0.